The van der Waals surface area contributed by atoms with E-state index in [-0.39, 0.29) is 25.0 Å². The highest BCUT2D eigenvalue weighted by Crippen LogP contribution is 2.34. The maximum Gasteiger partial charge on any atom is 0.278 e. The number of methoxy groups -OCH3 is 1. The second-order valence-electron chi connectivity index (χ2n) is 7.60. The number of amides is 2. The maximum atomic E-state index is 13.2. The van der Waals surface area contributed by atoms with Crippen LogP contribution in [0.15, 0.2) is 60.3 Å². The quantitative estimate of drug-likeness (QED) is 0.594. The molecule has 158 valence electrons. The van der Waals surface area contributed by atoms with Crippen LogP contribution in [0.5, 0.6) is 5.75 Å². The summed E-state index contributed by atoms with van der Waals surface area (Å²) >= 11 is 0. The molecule has 1 aliphatic heterocycles. The van der Waals surface area contributed by atoms with E-state index in [2.05, 4.69) is 13.8 Å². The number of carbonyl (C=O) groups is 2. The fourth-order valence-corrected chi connectivity index (χ4v) is 3.28. The molecular weight excluding hydrogens is 380 g/mol. The average molecular weight is 408 g/mol. The minimum absolute atomic E-state index is 0.208. The van der Waals surface area contributed by atoms with Gasteiger partial charge in [0.25, 0.3) is 11.8 Å². The minimum Gasteiger partial charge on any atom is -0.493 e. The molecule has 0 N–H and O–H groups in total. The van der Waals surface area contributed by atoms with E-state index < -0.39 is 0 Å². The first-order chi connectivity index (χ1) is 14.4. The number of para-hydroxylation sites is 1. The van der Waals surface area contributed by atoms with Crippen molar-refractivity contribution in [1.82, 2.24) is 4.90 Å². The van der Waals surface area contributed by atoms with Gasteiger partial charge in [0, 0.05) is 19.8 Å². The lowest BCUT2D eigenvalue weighted by Gasteiger charge is -2.21. The Morgan fingerprint density at radius 1 is 0.967 bits per heavy atom. The average Bonchev–Trinajstić information content (AvgIpc) is 3.01. The zero-order valence-corrected chi connectivity index (χ0v) is 17.9. The van der Waals surface area contributed by atoms with Crippen LogP contribution in [0.1, 0.15) is 19.4 Å². The van der Waals surface area contributed by atoms with Gasteiger partial charge < -0.3 is 14.4 Å². The molecule has 0 unspecified atom stereocenters. The number of likely N-dealkylation sites (N-methyl/N-ethyl adjacent to an activating group) is 1. The van der Waals surface area contributed by atoms with E-state index in [9.17, 15) is 9.59 Å². The topological polar surface area (TPSA) is 59.1 Å². The largest absolute Gasteiger partial charge is 0.493 e. The number of nitrogens with zero attached hydrogens (tertiary/aromatic N) is 2. The maximum absolute atomic E-state index is 13.2. The Labute approximate surface area is 177 Å². The number of hydrogen-bond donors (Lipinski definition) is 0. The Morgan fingerprint density at radius 3 is 2.23 bits per heavy atom. The van der Waals surface area contributed by atoms with Crippen LogP contribution in [0.4, 0.5) is 5.69 Å². The molecular formula is C24H28N2O4. The van der Waals surface area contributed by atoms with Crippen molar-refractivity contribution in [2.45, 2.75) is 13.8 Å². The van der Waals surface area contributed by atoms with Crippen LogP contribution < -0.4 is 9.64 Å². The zero-order valence-electron chi connectivity index (χ0n) is 17.9. The smallest absolute Gasteiger partial charge is 0.278 e. The van der Waals surface area contributed by atoms with E-state index in [1.807, 2.05) is 54.6 Å². The fourth-order valence-electron chi connectivity index (χ4n) is 3.28. The summed E-state index contributed by atoms with van der Waals surface area (Å²) < 4.78 is 10.8. The summed E-state index contributed by atoms with van der Waals surface area (Å²) in [5.74, 6) is 0.519. The van der Waals surface area contributed by atoms with Gasteiger partial charge in [-0.3, -0.25) is 14.5 Å². The van der Waals surface area contributed by atoms with Crippen LogP contribution in [0.3, 0.4) is 0 Å². The van der Waals surface area contributed by atoms with E-state index >= 15 is 0 Å². The number of anilines is 1. The van der Waals surface area contributed by atoms with E-state index in [0.29, 0.717) is 29.4 Å². The van der Waals surface area contributed by atoms with Crippen LogP contribution in [0.25, 0.3) is 5.57 Å². The van der Waals surface area contributed by atoms with Crippen LogP contribution in [0, 0.1) is 5.92 Å². The van der Waals surface area contributed by atoms with Crippen LogP contribution in [-0.2, 0) is 14.3 Å². The van der Waals surface area contributed by atoms with Crippen molar-refractivity contribution in [3.8, 4) is 5.75 Å². The Balaban J connectivity index is 1.99. The van der Waals surface area contributed by atoms with Gasteiger partial charge in [-0.25, -0.2) is 0 Å². The van der Waals surface area contributed by atoms with Crippen LogP contribution >= 0.6 is 0 Å². The van der Waals surface area contributed by atoms with Crippen molar-refractivity contribution in [3.05, 3.63) is 65.9 Å². The van der Waals surface area contributed by atoms with E-state index in [1.165, 1.54) is 4.90 Å². The molecule has 0 aliphatic carbocycles. The molecule has 0 saturated carbocycles. The van der Waals surface area contributed by atoms with E-state index in [4.69, 9.17) is 9.47 Å². The molecule has 2 aromatic rings. The van der Waals surface area contributed by atoms with Gasteiger partial charge >= 0.3 is 0 Å². The molecule has 6 nitrogen and oxygen atoms in total. The molecule has 1 aliphatic rings. The molecule has 0 atom stereocenters. The third kappa shape index (κ3) is 4.54. The molecule has 0 aromatic heterocycles. The number of ether oxygens (including phenoxy) is 2. The van der Waals surface area contributed by atoms with Crippen molar-refractivity contribution in [1.29, 1.82) is 0 Å². The van der Waals surface area contributed by atoms with Gasteiger partial charge in [-0.15, -0.1) is 0 Å². The monoisotopic (exact) mass is 408 g/mol. The molecule has 0 fully saturated rings. The van der Waals surface area contributed by atoms with Crippen molar-refractivity contribution in [3.63, 3.8) is 0 Å². The summed E-state index contributed by atoms with van der Waals surface area (Å²) in [6.07, 6.45) is 0. The van der Waals surface area contributed by atoms with E-state index in [0.717, 1.165) is 11.4 Å². The fraction of sp³-hybridized carbons (Fsp3) is 0.333. The predicted molar refractivity (Wildman–Crippen MR) is 117 cm³/mol. The van der Waals surface area contributed by atoms with Gasteiger partial charge in [0.2, 0.25) is 0 Å². The Hall–Kier alpha value is -3.12. The molecule has 2 amide bonds. The van der Waals surface area contributed by atoms with Crippen LogP contribution in [-0.4, -0.2) is 50.6 Å². The summed E-state index contributed by atoms with van der Waals surface area (Å²) in [4.78, 5) is 29.4. The number of rotatable bonds is 9. The highest BCUT2D eigenvalue weighted by atomic mass is 16.5. The standard InChI is InChI=1S/C24H28N2O4/c1-17(2)16-30-20-12-10-18(11-13-20)21-22(25(3)19-8-6-5-7-9-19)24(28)26(23(21)27)14-15-29-4/h5-13,17H,14-16H2,1-4H3. The highest BCUT2D eigenvalue weighted by molar-refractivity contribution is 6.36. The molecule has 6 heteroatoms. The minimum atomic E-state index is -0.321. The molecule has 0 bridgehead atoms. The first-order valence-corrected chi connectivity index (χ1v) is 10.1. The second-order valence-corrected chi connectivity index (χ2v) is 7.60. The second kappa shape index (κ2) is 9.59. The molecule has 0 saturated heterocycles. The third-order valence-corrected chi connectivity index (χ3v) is 4.87. The number of carbonyl (C=O) groups excluding carboxylic acids is 2. The third-order valence-electron chi connectivity index (χ3n) is 4.87. The van der Waals surface area contributed by atoms with Crippen molar-refractivity contribution in [2.75, 3.05) is 38.8 Å². The van der Waals surface area contributed by atoms with Gasteiger partial charge in [0.05, 0.1) is 25.3 Å². The van der Waals surface area contributed by atoms with E-state index in [1.54, 1.807) is 19.1 Å². The molecule has 0 radical (unpaired) electrons. The SMILES string of the molecule is COCCN1C(=O)C(c2ccc(OCC(C)C)cc2)=C(N(C)c2ccccc2)C1=O. The summed E-state index contributed by atoms with van der Waals surface area (Å²) in [5, 5.41) is 0. The summed E-state index contributed by atoms with van der Waals surface area (Å²) in [6, 6.07) is 16.8. The first-order valence-electron chi connectivity index (χ1n) is 10.1. The first kappa shape index (κ1) is 21.6. The molecule has 3 rings (SSSR count). The molecule has 0 spiro atoms. The Bertz CT molecular complexity index is 920. The zero-order chi connectivity index (χ0) is 21.7. The van der Waals surface area contributed by atoms with Crippen LogP contribution in [0.2, 0.25) is 0 Å². The lowest BCUT2D eigenvalue weighted by Crippen LogP contribution is -2.36. The molecule has 30 heavy (non-hydrogen) atoms. The predicted octanol–water partition coefficient (Wildman–Crippen LogP) is 3.58. The summed E-state index contributed by atoms with van der Waals surface area (Å²) in [5.41, 5.74) is 2.26. The van der Waals surface area contributed by atoms with Gasteiger partial charge in [0.1, 0.15) is 11.4 Å². The lowest BCUT2D eigenvalue weighted by atomic mass is 10.0. The van der Waals surface area contributed by atoms with Gasteiger partial charge in [-0.05, 0) is 35.7 Å². The van der Waals surface area contributed by atoms with Crippen molar-refractivity contribution >= 4 is 23.1 Å². The Kier molecular flexibility index (Phi) is 6.90. The normalized spacial score (nSPS) is 14.1. The number of benzene rings is 2. The number of imide groups is 1. The van der Waals surface area contributed by atoms with Gasteiger partial charge in [-0.2, -0.15) is 0 Å². The van der Waals surface area contributed by atoms with Gasteiger partial charge in [0.15, 0.2) is 0 Å². The van der Waals surface area contributed by atoms with Crippen molar-refractivity contribution < 1.29 is 19.1 Å². The summed E-state index contributed by atoms with van der Waals surface area (Å²) in [7, 11) is 3.35. The Morgan fingerprint density at radius 2 is 1.63 bits per heavy atom. The molecule has 1 heterocycles. The molecule has 2 aromatic carbocycles. The van der Waals surface area contributed by atoms with Gasteiger partial charge in [-0.1, -0.05) is 44.2 Å². The lowest BCUT2D eigenvalue weighted by molar-refractivity contribution is -0.137. The highest BCUT2D eigenvalue weighted by Gasteiger charge is 2.40. The number of hydrogen-bond acceptors (Lipinski definition) is 5. The van der Waals surface area contributed by atoms with Crippen molar-refractivity contribution in [2.24, 2.45) is 5.92 Å². The summed E-state index contributed by atoms with van der Waals surface area (Å²) in [6.45, 7) is 5.28.